The molecule has 4 aromatic carbocycles. The zero-order chi connectivity index (χ0) is 23.8. The molecule has 0 bridgehead atoms. The lowest BCUT2D eigenvalue weighted by Gasteiger charge is -2.38. The highest BCUT2D eigenvalue weighted by Gasteiger charge is 2.55. The van der Waals surface area contributed by atoms with Crippen molar-refractivity contribution in [2.45, 2.75) is 18.0 Å². The van der Waals surface area contributed by atoms with Gasteiger partial charge in [-0.1, -0.05) is 84.9 Å². The number of carbonyl (C=O) groups excluding carboxylic acids is 2. The van der Waals surface area contributed by atoms with Crippen molar-refractivity contribution in [3.05, 3.63) is 106 Å². The van der Waals surface area contributed by atoms with E-state index in [9.17, 15) is 19.7 Å². The number of ether oxygens (including phenoxy) is 1. The maximum absolute atomic E-state index is 13.4. The zero-order valence-electron chi connectivity index (χ0n) is 18.4. The lowest BCUT2D eigenvalue weighted by Crippen LogP contribution is -2.56. The first kappa shape index (κ1) is 21.6. The van der Waals surface area contributed by atoms with Gasteiger partial charge in [0.2, 0.25) is 11.9 Å². The van der Waals surface area contributed by atoms with Crippen molar-refractivity contribution >= 4 is 33.4 Å². The molecule has 170 valence electrons. The van der Waals surface area contributed by atoms with Crippen molar-refractivity contribution in [1.82, 2.24) is 5.32 Å². The average Bonchev–Trinajstić information content (AvgIpc) is 2.86. The van der Waals surface area contributed by atoms with Crippen molar-refractivity contribution in [2.24, 2.45) is 5.92 Å². The molecule has 1 fully saturated rings. The molecule has 5 rings (SSSR count). The Morgan fingerprint density at radius 3 is 1.97 bits per heavy atom. The van der Waals surface area contributed by atoms with Crippen LogP contribution < -0.4 is 5.32 Å². The number of hydrogen-bond acceptors (Lipinski definition) is 5. The Bertz CT molecular complexity index is 1420. The number of amides is 1. The summed E-state index contributed by atoms with van der Waals surface area (Å²) in [6.07, 6.45) is 0. The van der Waals surface area contributed by atoms with Gasteiger partial charge in [0.1, 0.15) is 12.0 Å². The van der Waals surface area contributed by atoms with Gasteiger partial charge < -0.3 is 10.1 Å². The molecule has 4 atom stereocenters. The fourth-order valence-corrected chi connectivity index (χ4v) is 5.22. The minimum atomic E-state index is -1.35. The third kappa shape index (κ3) is 3.46. The maximum atomic E-state index is 13.4. The number of nitrogens with one attached hydrogen (secondary N) is 1. The molecule has 0 spiro atoms. The zero-order valence-corrected chi connectivity index (χ0v) is 18.4. The van der Waals surface area contributed by atoms with Crippen LogP contribution in [0.25, 0.3) is 21.5 Å². The maximum Gasteiger partial charge on any atom is 0.319 e. The number of hydrogen-bond donors (Lipinski definition) is 1. The number of methoxy groups -OCH3 is 1. The molecule has 1 amide bonds. The van der Waals surface area contributed by atoms with E-state index in [1.165, 1.54) is 7.11 Å². The molecule has 1 N–H and O–H groups in total. The second-order valence-corrected chi connectivity index (χ2v) is 8.43. The van der Waals surface area contributed by atoms with Crippen LogP contribution in [-0.4, -0.2) is 30.0 Å². The summed E-state index contributed by atoms with van der Waals surface area (Å²) in [5.74, 6) is -3.75. The summed E-state index contributed by atoms with van der Waals surface area (Å²) in [5, 5.41) is 18.8. The van der Waals surface area contributed by atoms with Crippen LogP contribution >= 0.6 is 0 Å². The molecule has 34 heavy (non-hydrogen) atoms. The SMILES string of the molecule is COC(=O)C1C(=O)NC(c2cccc3ccccc23)C([N+](=O)[O-])C1c1cccc2ccccc12. The molecule has 4 unspecified atom stereocenters. The van der Waals surface area contributed by atoms with E-state index in [0.29, 0.717) is 11.1 Å². The summed E-state index contributed by atoms with van der Waals surface area (Å²) in [4.78, 5) is 38.5. The second kappa shape index (κ2) is 8.59. The number of nitro groups is 1. The van der Waals surface area contributed by atoms with Crippen LogP contribution in [0.5, 0.6) is 0 Å². The molecule has 0 radical (unpaired) electrons. The Balaban J connectivity index is 1.77. The Kier molecular flexibility index (Phi) is 5.45. The summed E-state index contributed by atoms with van der Waals surface area (Å²) >= 11 is 0. The van der Waals surface area contributed by atoms with Crippen LogP contribution in [0.4, 0.5) is 0 Å². The predicted molar refractivity (Wildman–Crippen MR) is 128 cm³/mol. The largest absolute Gasteiger partial charge is 0.468 e. The summed E-state index contributed by atoms with van der Waals surface area (Å²) in [6, 6.07) is 23.8. The fourth-order valence-electron chi connectivity index (χ4n) is 5.22. The molecule has 1 heterocycles. The molecular formula is C27H22N2O5. The minimum absolute atomic E-state index is 0.381. The van der Waals surface area contributed by atoms with Gasteiger partial charge in [-0.3, -0.25) is 19.7 Å². The van der Waals surface area contributed by atoms with Crippen LogP contribution in [0.1, 0.15) is 23.1 Å². The van der Waals surface area contributed by atoms with E-state index < -0.39 is 35.8 Å². The first-order valence-corrected chi connectivity index (χ1v) is 11.0. The molecule has 0 saturated carbocycles. The minimum Gasteiger partial charge on any atom is -0.468 e. The third-order valence-electron chi connectivity index (χ3n) is 6.69. The summed E-state index contributed by atoms with van der Waals surface area (Å²) in [6.45, 7) is 0. The third-order valence-corrected chi connectivity index (χ3v) is 6.69. The van der Waals surface area contributed by atoms with Gasteiger partial charge in [-0.2, -0.15) is 0 Å². The quantitative estimate of drug-likeness (QED) is 0.214. The number of fused-ring (bicyclic) bond motifs is 2. The van der Waals surface area contributed by atoms with Crippen LogP contribution in [0.3, 0.4) is 0 Å². The molecule has 7 nitrogen and oxygen atoms in total. The Morgan fingerprint density at radius 2 is 1.38 bits per heavy atom. The molecule has 4 aromatic rings. The van der Waals surface area contributed by atoms with Crippen molar-refractivity contribution in [3.8, 4) is 0 Å². The highest BCUT2D eigenvalue weighted by molar-refractivity contribution is 6.01. The highest BCUT2D eigenvalue weighted by Crippen LogP contribution is 2.44. The van der Waals surface area contributed by atoms with E-state index in [1.54, 1.807) is 18.2 Å². The molecule has 1 saturated heterocycles. The number of carbonyl (C=O) groups is 2. The van der Waals surface area contributed by atoms with Crippen LogP contribution in [0.2, 0.25) is 0 Å². The van der Waals surface area contributed by atoms with Gasteiger partial charge in [0.05, 0.1) is 13.0 Å². The van der Waals surface area contributed by atoms with Gasteiger partial charge in [0.15, 0.2) is 0 Å². The first-order valence-electron chi connectivity index (χ1n) is 11.0. The van der Waals surface area contributed by atoms with Gasteiger partial charge >= 0.3 is 5.97 Å². The Labute approximate surface area is 195 Å². The number of nitrogens with zero attached hydrogens (tertiary/aromatic N) is 1. The molecule has 1 aliphatic heterocycles. The van der Waals surface area contributed by atoms with Crippen molar-refractivity contribution < 1.29 is 19.2 Å². The van der Waals surface area contributed by atoms with Crippen molar-refractivity contribution in [1.29, 1.82) is 0 Å². The lowest BCUT2D eigenvalue weighted by molar-refractivity contribution is -0.534. The fraction of sp³-hybridized carbons (Fsp3) is 0.185. The van der Waals surface area contributed by atoms with E-state index in [4.69, 9.17) is 4.74 Å². The van der Waals surface area contributed by atoms with Gasteiger partial charge in [-0.25, -0.2) is 0 Å². The number of esters is 1. The van der Waals surface area contributed by atoms with Gasteiger partial charge in [0.25, 0.3) is 0 Å². The van der Waals surface area contributed by atoms with E-state index in [0.717, 1.165) is 21.5 Å². The first-order chi connectivity index (χ1) is 16.5. The molecule has 0 aromatic heterocycles. The van der Waals surface area contributed by atoms with Crippen molar-refractivity contribution in [3.63, 3.8) is 0 Å². The monoisotopic (exact) mass is 454 g/mol. The number of piperidine rings is 1. The van der Waals surface area contributed by atoms with Gasteiger partial charge in [-0.05, 0) is 32.7 Å². The van der Waals surface area contributed by atoms with E-state index in [2.05, 4.69) is 5.32 Å². The molecule has 7 heteroatoms. The summed E-state index contributed by atoms with van der Waals surface area (Å²) < 4.78 is 4.94. The smallest absolute Gasteiger partial charge is 0.319 e. The normalized spacial score (nSPS) is 22.3. The molecular weight excluding hydrogens is 432 g/mol. The van der Waals surface area contributed by atoms with Crippen LogP contribution in [0.15, 0.2) is 84.9 Å². The van der Waals surface area contributed by atoms with Gasteiger partial charge in [-0.15, -0.1) is 0 Å². The predicted octanol–water partition coefficient (Wildman–Crippen LogP) is 4.38. The summed E-state index contributed by atoms with van der Waals surface area (Å²) in [7, 11) is 1.19. The topological polar surface area (TPSA) is 98.5 Å². The van der Waals surface area contributed by atoms with E-state index in [1.807, 2.05) is 66.7 Å². The standard InChI is InChI=1S/C27H22N2O5/c1-34-27(31)23-22(20-14-6-10-16-8-2-4-12-18(16)20)25(29(32)33)24(28-26(23)30)21-15-7-11-17-9-3-5-13-19(17)21/h2-15,22-25H,1H3,(H,28,30). The average molecular weight is 454 g/mol. The van der Waals surface area contributed by atoms with Crippen LogP contribution in [0, 0.1) is 16.0 Å². The number of rotatable bonds is 4. The highest BCUT2D eigenvalue weighted by atomic mass is 16.6. The molecule has 0 aliphatic carbocycles. The lowest BCUT2D eigenvalue weighted by atomic mass is 9.71. The Hall–Kier alpha value is -4.26. The number of benzene rings is 4. The van der Waals surface area contributed by atoms with E-state index >= 15 is 0 Å². The van der Waals surface area contributed by atoms with E-state index in [-0.39, 0.29) is 4.92 Å². The molecule has 1 aliphatic rings. The summed E-state index contributed by atoms with van der Waals surface area (Å²) in [5.41, 5.74) is 1.22. The van der Waals surface area contributed by atoms with Crippen LogP contribution in [-0.2, 0) is 14.3 Å². The van der Waals surface area contributed by atoms with Gasteiger partial charge in [0, 0.05) is 4.92 Å². The Morgan fingerprint density at radius 1 is 0.853 bits per heavy atom. The van der Waals surface area contributed by atoms with Crippen molar-refractivity contribution in [2.75, 3.05) is 7.11 Å². The second-order valence-electron chi connectivity index (χ2n) is 8.43.